The Kier molecular flexibility index (Phi) is 5.26. The van der Waals surface area contributed by atoms with Gasteiger partial charge in [-0.2, -0.15) is 0 Å². The van der Waals surface area contributed by atoms with Crippen molar-refractivity contribution in [2.24, 2.45) is 0 Å². The first kappa shape index (κ1) is 22.5. The Morgan fingerprint density at radius 3 is 2.51 bits per heavy atom. The lowest BCUT2D eigenvalue weighted by Crippen LogP contribution is -2.52. The monoisotopic (exact) mass is 494 g/mol. The highest BCUT2D eigenvalue weighted by molar-refractivity contribution is 6.08. The van der Waals surface area contributed by atoms with E-state index in [4.69, 9.17) is 9.47 Å². The fourth-order valence-corrected chi connectivity index (χ4v) is 4.89. The number of rotatable bonds is 6. The number of hydrogen-bond donors (Lipinski definition) is 2. The van der Waals surface area contributed by atoms with Gasteiger partial charge >= 0.3 is 6.03 Å². The van der Waals surface area contributed by atoms with Crippen molar-refractivity contribution in [3.05, 3.63) is 95.7 Å². The summed E-state index contributed by atoms with van der Waals surface area (Å²) in [5.74, 6) is 1.11. The van der Waals surface area contributed by atoms with E-state index in [1.54, 1.807) is 60.7 Å². The van der Waals surface area contributed by atoms with E-state index in [0.717, 1.165) is 16.5 Å². The number of aromatic nitrogens is 1. The van der Waals surface area contributed by atoms with Crippen LogP contribution < -0.4 is 20.1 Å². The summed E-state index contributed by atoms with van der Waals surface area (Å²) in [6.45, 7) is 0.266. The van der Waals surface area contributed by atoms with Crippen molar-refractivity contribution in [2.45, 2.75) is 12.1 Å². The molecule has 4 aromatic rings. The summed E-state index contributed by atoms with van der Waals surface area (Å²) in [7, 11) is 1.56. The predicted octanol–water partition coefficient (Wildman–Crippen LogP) is 3.73. The number of nitrogens with zero attached hydrogens (tertiary/aromatic N) is 2. The Bertz CT molecular complexity index is 1560. The van der Waals surface area contributed by atoms with Crippen molar-refractivity contribution < 1.29 is 23.9 Å². The van der Waals surface area contributed by atoms with Crippen LogP contribution in [0, 0.1) is 0 Å². The zero-order chi connectivity index (χ0) is 25.6. The van der Waals surface area contributed by atoms with Crippen LogP contribution in [0.1, 0.15) is 21.5 Å². The minimum atomic E-state index is -1.44. The van der Waals surface area contributed by atoms with Crippen LogP contribution in [0.15, 0.2) is 79.0 Å². The zero-order valence-electron chi connectivity index (χ0n) is 19.9. The second-order valence-electron chi connectivity index (χ2n) is 8.95. The van der Waals surface area contributed by atoms with Gasteiger partial charge in [-0.15, -0.1) is 0 Å². The second-order valence-corrected chi connectivity index (χ2v) is 8.95. The number of pyridine rings is 1. The SMILES string of the molecule is COc1ccc2c(c1)CN(CC1(c3ccc(Oc4ccnc5ccccc45)cc3)NC(=O)NC1=O)C2=O. The van der Waals surface area contributed by atoms with Crippen molar-refractivity contribution in [1.82, 2.24) is 20.5 Å². The van der Waals surface area contributed by atoms with Crippen LogP contribution in [0.5, 0.6) is 17.2 Å². The van der Waals surface area contributed by atoms with Crippen molar-refractivity contribution in [1.29, 1.82) is 0 Å². The predicted molar refractivity (Wildman–Crippen MR) is 134 cm³/mol. The van der Waals surface area contributed by atoms with E-state index in [9.17, 15) is 14.4 Å². The minimum Gasteiger partial charge on any atom is -0.497 e. The first-order valence-electron chi connectivity index (χ1n) is 11.7. The van der Waals surface area contributed by atoms with E-state index >= 15 is 0 Å². The molecule has 1 saturated heterocycles. The van der Waals surface area contributed by atoms with Crippen LogP contribution in [0.4, 0.5) is 4.79 Å². The molecule has 9 heteroatoms. The normalized spacial score (nSPS) is 18.5. The molecule has 2 N–H and O–H groups in total. The number of fused-ring (bicyclic) bond motifs is 2. The van der Waals surface area contributed by atoms with Crippen LogP contribution in [-0.2, 0) is 16.9 Å². The zero-order valence-corrected chi connectivity index (χ0v) is 19.9. The van der Waals surface area contributed by atoms with Crippen molar-refractivity contribution in [3.8, 4) is 17.2 Å². The number of imide groups is 1. The Morgan fingerprint density at radius 2 is 1.76 bits per heavy atom. The molecule has 4 amide bonds. The number of ether oxygens (including phenoxy) is 2. The maximum Gasteiger partial charge on any atom is 0.322 e. The summed E-state index contributed by atoms with van der Waals surface area (Å²) in [5, 5.41) is 5.95. The van der Waals surface area contributed by atoms with Gasteiger partial charge in [0.2, 0.25) is 0 Å². The van der Waals surface area contributed by atoms with E-state index in [2.05, 4.69) is 15.6 Å². The highest BCUT2D eigenvalue weighted by atomic mass is 16.5. The van der Waals surface area contributed by atoms with Gasteiger partial charge in [0.1, 0.15) is 17.2 Å². The number of carbonyl (C=O) groups excluding carboxylic acids is 3. The Hall–Kier alpha value is -4.92. The van der Waals surface area contributed by atoms with Gasteiger partial charge in [-0.3, -0.25) is 19.9 Å². The van der Waals surface area contributed by atoms with Gasteiger partial charge in [-0.25, -0.2) is 4.79 Å². The minimum absolute atomic E-state index is 0.0321. The number of hydrogen-bond acceptors (Lipinski definition) is 6. The molecule has 2 aliphatic heterocycles. The van der Waals surface area contributed by atoms with E-state index in [1.165, 1.54) is 0 Å². The number of methoxy groups -OCH3 is 1. The molecule has 3 heterocycles. The average Bonchev–Trinajstić information content (AvgIpc) is 3.38. The molecule has 0 bridgehead atoms. The highest BCUT2D eigenvalue weighted by Gasteiger charge is 2.50. The summed E-state index contributed by atoms with van der Waals surface area (Å²) in [6.07, 6.45) is 1.68. The van der Waals surface area contributed by atoms with Gasteiger partial charge in [-0.05, 0) is 59.7 Å². The van der Waals surface area contributed by atoms with Crippen molar-refractivity contribution in [2.75, 3.05) is 13.7 Å². The van der Waals surface area contributed by atoms with Crippen LogP contribution in [-0.4, -0.2) is 41.4 Å². The molecule has 3 aromatic carbocycles. The van der Waals surface area contributed by atoms with E-state index < -0.39 is 17.5 Å². The van der Waals surface area contributed by atoms with Crippen molar-refractivity contribution >= 4 is 28.7 Å². The maximum atomic E-state index is 13.1. The number of para-hydroxylation sites is 1. The molecule has 0 aliphatic carbocycles. The van der Waals surface area contributed by atoms with Gasteiger partial charge in [0.25, 0.3) is 11.8 Å². The first-order valence-corrected chi connectivity index (χ1v) is 11.7. The van der Waals surface area contributed by atoms with Gasteiger partial charge in [0.05, 0.1) is 19.2 Å². The quantitative estimate of drug-likeness (QED) is 0.396. The summed E-state index contributed by atoms with van der Waals surface area (Å²) < 4.78 is 11.4. The number of carbonyl (C=O) groups is 3. The molecule has 0 spiro atoms. The summed E-state index contributed by atoms with van der Waals surface area (Å²) in [5.41, 5.74) is 1.26. The first-order chi connectivity index (χ1) is 18.0. The maximum absolute atomic E-state index is 13.1. The van der Waals surface area contributed by atoms with Crippen LogP contribution >= 0.6 is 0 Å². The largest absolute Gasteiger partial charge is 0.497 e. The number of amides is 4. The Balaban J connectivity index is 1.29. The smallest absolute Gasteiger partial charge is 0.322 e. The van der Waals surface area contributed by atoms with Gasteiger partial charge in [0.15, 0.2) is 5.54 Å². The van der Waals surface area contributed by atoms with Gasteiger partial charge < -0.3 is 19.7 Å². The molecular weight excluding hydrogens is 472 g/mol. The lowest BCUT2D eigenvalue weighted by molar-refractivity contribution is -0.124. The topological polar surface area (TPSA) is 110 Å². The third kappa shape index (κ3) is 3.81. The summed E-state index contributed by atoms with van der Waals surface area (Å²) >= 11 is 0. The van der Waals surface area contributed by atoms with E-state index in [1.807, 2.05) is 30.3 Å². The molecule has 1 unspecified atom stereocenters. The fourth-order valence-electron chi connectivity index (χ4n) is 4.89. The standard InChI is InChI=1S/C28H22N4O5/c1-36-20-10-11-21-17(14-20)15-32(25(21)33)16-28(26(34)30-27(35)31-28)18-6-8-19(9-7-18)37-24-12-13-29-23-5-3-2-4-22(23)24/h2-14H,15-16H2,1H3,(H2,30,31,34,35). The molecule has 0 saturated carbocycles. The molecule has 6 rings (SSSR count). The summed E-state index contributed by atoms with van der Waals surface area (Å²) in [4.78, 5) is 44.4. The van der Waals surface area contributed by atoms with E-state index in [0.29, 0.717) is 34.9 Å². The Morgan fingerprint density at radius 1 is 0.973 bits per heavy atom. The molecule has 1 atom stereocenters. The van der Waals surface area contributed by atoms with Gasteiger partial charge in [-0.1, -0.05) is 24.3 Å². The second kappa shape index (κ2) is 8.63. The third-order valence-corrected chi connectivity index (χ3v) is 6.74. The van der Waals surface area contributed by atoms with Gasteiger partial charge in [0, 0.05) is 23.7 Å². The number of urea groups is 1. The van der Waals surface area contributed by atoms with Crippen molar-refractivity contribution in [3.63, 3.8) is 0 Å². The van der Waals surface area contributed by atoms with Crippen LogP contribution in [0.25, 0.3) is 10.9 Å². The van der Waals surface area contributed by atoms with Crippen LogP contribution in [0.3, 0.4) is 0 Å². The number of nitrogens with one attached hydrogen (secondary N) is 2. The molecule has 1 fully saturated rings. The lowest BCUT2D eigenvalue weighted by atomic mass is 9.89. The van der Waals surface area contributed by atoms with Crippen LogP contribution in [0.2, 0.25) is 0 Å². The third-order valence-electron chi connectivity index (χ3n) is 6.74. The molecule has 37 heavy (non-hydrogen) atoms. The fraction of sp³-hybridized carbons (Fsp3) is 0.143. The molecule has 9 nitrogen and oxygen atoms in total. The molecule has 2 aliphatic rings. The molecule has 0 radical (unpaired) electrons. The van der Waals surface area contributed by atoms with E-state index in [-0.39, 0.29) is 12.5 Å². The number of benzene rings is 3. The molecular formula is C28H22N4O5. The molecule has 184 valence electrons. The molecule has 1 aromatic heterocycles. The average molecular weight is 495 g/mol. The summed E-state index contributed by atoms with van der Waals surface area (Å²) in [6, 6.07) is 21.0. The highest BCUT2D eigenvalue weighted by Crippen LogP contribution is 2.34. The Labute approximate surface area is 212 Å². The lowest BCUT2D eigenvalue weighted by Gasteiger charge is -2.31.